The lowest BCUT2D eigenvalue weighted by Gasteiger charge is -2.12. The Balaban J connectivity index is 2.40. The fourth-order valence-electron chi connectivity index (χ4n) is 1.96. The summed E-state index contributed by atoms with van der Waals surface area (Å²) in [6, 6.07) is 11.2. The number of benzene rings is 1. The smallest absolute Gasteiger partial charge is 0.265 e. The Hall–Kier alpha value is -1.99. The lowest BCUT2D eigenvalue weighted by atomic mass is 10.1. The maximum absolute atomic E-state index is 12.1. The Morgan fingerprint density at radius 2 is 1.95 bits per heavy atom. The molecule has 2 aromatic rings. The van der Waals surface area contributed by atoms with Crippen LogP contribution in [0.1, 0.15) is 6.92 Å². The van der Waals surface area contributed by atoms with Crippen LogP contribution in [0.5, 0.6) is 5.75 Å². The normalized spacial score (nSPS) is 10.1. The van der Waals surface area contributed by atoms with E-state index in [1.807, 2.05) is 37.3 Å². The fourth-order valence-corrected chi connectivity index (χ4v) is 2.31. The second-order valence-corrected chi connectivity index (χ2v) is 4.99. The first-order chi connectivity index (χ1) is 9.67. The Labute approximate surface area is 126 Å². The molecule has 0 unspecified atom stereocenters. The van der Waals surface area contributed by atoms with E-state index >= 15 is 0 Å². The average Bonchev–Trinajstić information content (AvgIpc) is 2.48. The lowest BCUT2D eigenvalue weighted by Crippen LogP contribution is -2.21. The first-order valence-electron chi connectivity index (χ1n) is 6.23. The highest BCUT2D eigenvalue weighted by Crippen LogP contribution is 2.22. The predicted molar refractivity (Wildman–Crippen MR) is 83.8 cm³/mol. The Morgan fingerprint density at radius 1 is 1.25 bits per heavy atom. The molecular weight excluding hydrogens is 318 g/mol. The summed E-state index contributed by atoms with van der Waals surface area (Å²) in [5, 5.41) is 0. The summed E-state index contributed by atoms with van der Waals surface area (Å²) >= 11 is 3.26. The molecule has 0 radical (unpaired) electrons. The first-order valence-corrected chi connectivity index (χ1v) is 7.02. The molecule has 2 rings (SSSR count). The number of halogens is 1. The Kier molecular flexibility index (Phi) is 4.65. The minimum Gasteiger partial charge on any atom is -0.481 e. The summed E-state index contributed by atoms with van der Waals surface area (Å²) in [5.41, 5.74) is 1.81. The van der Waals surface area contributed by atoms with Crippen molar-refractivity contribution in [3.8, 4) is 29.4 Å². The molecule has 0 fully saturated rings. The van der Waals surface area contributed by atoms with E-state index in [9.17, 15) is 4.79 Å². The van der Waals surface area contributed by atoms with Gasteiger partial charge in [-0.15, -0.1) is 6.42 Å². The van der Waals surface area contributed by atoms with Gasteiger partial charge >= 0.3 is 0 Å². The molecule has 0 N–H and O–H groups in total. The minimum atomic E-state index is -0.0299. The molecule has 102 valence electrons. The lowest BCUT2D eigenvalue weighted by molar-refractivity contribution is 0.370. The molecular formula is C16H14BrNO2. The van der Waals surface area contributed by atoms with E-state index in [-0.39, 0.29) is 12.2 Å². The van der Waals surface area contributed by atoms with Crippen molar-refractivity contribution in [3.05, 3.63) is 51.2 Å². The molecule has 0 aliphatic carbocycles. The van der Waals surface area contributed by atoms with Gasteiger partial charge in [0.15, 0.2) is 0 Å². The molecule has 0 aliphatic rings. The average molecular weight is 332 g/mol. The molecule has 1 aromatic carbocycles. The number of nitrogens with zero attached hydrogens (tertiary/aromatic N) is 1. The van der Waals surface area contributed by atoms with Crippen molar-refractivity contribution in [3.63, 3.8) is 0 Å². The molecule has 0 amide bonds. The molecule has 3 nitrogen and oxygen atoms in total. The van der Waals surface area contributed by atoms with Gasteiger partial charge in [-0.2, -0.15) is 0 Å². The third-order valence-corrected chi connectivity index (χ3v) is 3.52. The van der Waals surface area contributed by atoms with Crippen LogP contribution in [0.25, 0.3) is 11.3 Å². The molecule has 0 saturated carbocycles. The molecule has 1 aromatic heterocycles. The minimum absolute atomic E-state index is 0.0299. The third-order valence-electron chi connectivity index (χ3n) is 2.92. The van der Waals surface area contributed by atoms with Crippen molar-refractivity contribution in [1.29, 1.82) is 0 Å². The monoisotopic (exact) mass is 331 g/mol. The molecule has 0 bridgehead atoms. The van der Waals surface area contributed by atoms with E-state index in [1.54, 1.807) is 10.6 Å². The van der Waals surface area contributed by atoms with Crippen molar-refractivity contribution in [2.24, 2.45) is 0 Å². The van der Waals surface area contributed by atoms with Crippen LogP contribution in [0.2, 0.25) is 0 Å². The number of aromatic nitrogens is 1. The van der Waals surface area contributed by atoms with Crippen LogP contribution >= 0.6 is 15.9 Å². The highest BCUT2D eigenvalue weighted by atomic mass is 79.9. The van der Waals surface area contributed by atoms with E-state index in [1.165, 1.54) is 0 Å². The van der Waals surface area contributed by atoms with E-state index in [0.717, 1.165) is 11.3 Å². The van der Waals surface area contributed by atoms with Crippen LogP contribution in [0, 0.1) is 12.3 Å². The summed E-state index contributed by atoms with van der Waals surface area (Å²) in [5.74, 6) is 3.14. The van der Waals surface area contributed by atoms with Crippen LogP contribution in [-0.4, -0.2) is 11.2 Å². The molecule has 1 heterocycles. The van der Waals surface area contributed by atoms with Gasteiger partial charge in [0, 0.05) is 6.54 Å². The zero-order valence-corrected chi connectivity index (χ0v) is 12.7. The van der Waals surface area contributed by atoms with E-state index in [4.69, 9.17) is 11.2 Å². The summed E-state index contributed by atoms with van der Waals surface area (Å²) in [6.07, 6.45) is 5.15. The largest absolute Gasteiger partial charge is 0.481 e. The quantitative estimate of drug-likeness (QED) is 0.805. The fraction of sp³-hybridized carbons (Fsp3) is 0.188. The molecule has 20 heavy (non-hydrogen) atoms. The number of hydrogen-bond donors (Lipinski definition) is 0. The maximum atomic E-state index is 12.1. The number of ether oxygens (including phenoxy) is 1. The number of pyridine rings is 1. The van der Waals surface area contributed by atoms with Gasteiger partial charge in [-0.05, 0) is 64.8 Å². The highest BCUT2D eigenvalue weighted by Gasteiger charge is 2.07. The SMILES string of the molecule is C#CCOc1ccc(-c2ccc(Br)c(=O)n2CC)cc1. The molecule has 0 atom stereocenters. The third kappa shape index (κ3) is 2.94. The molecule has 4 heteroatoms. The first kappa shape index (κ1) is 14.4. The zero-order valence-electron chi connectivity index (χ0n) is 11.1. The van der Waals surface area contributed by atoms with Crippen molar-refractivity contribution in [1.82, 2.24) is 4.57 Å². The van der Waals surface area contributed by atoms with Crippen LogP contribution in [0.3, 0.4) is 0 Å². The topological polar surface area (TPSA) is 31.2 Å². The molecule has 0 aliphatic heterocycles. The summed E-state index contributed by atoms with van der Waals surface area (Å²) in [4.78, 5) is 12.1. The van der Waals surface area contributed by atoms with E-state index < -0.39 is 0 Å². The zero-order chi connectivity index (χ0) is 14.5. The highest BCUT2D eigenvalue weighted by molar-refractivity contribution is 9.10. The Morgan fingerprint density at radius 3 is 2.55 bits per heavy atom. The molecule has 0 spiro atoms. The summed E-state index contributed by atoms with van der Waals surface area (Å²) < 4.78 is 7.62. The van der Waals surface area contributed by atoms with Gasteiger partial charge in [0.2, 0.25) is 0 Å². The van der Waals surface area contributed by atoms with Crippen LogP contribution in [0.4, 0.5) is 0 Å². The van der Waals surface area contributed by atoms with Gasteiger partial charge in [-0.3, -0.25) is 4.79 Å². The van der Waals surface area contributed by atoms with Gasteiger partial charge in [0.05, 0.1) is 10.2 Å². The second kappa shape index (κ2) is 6.44. The Bertz CT molecular complexity index is 696. The van der Waals surface area contributed by atoms with Gasteiger partial charge in [-0.1, -0.05) is 5.92 Å². The van der Waals surface area contributed by atoms with Gasteiger partial charge in [-0.25, -0.2) is 0 Å². The van der Waals surface area contributed by atoms with Gasteiger partial charge < -0.3 is 9.30 Å². The van der Waals surface area contributed by atoms with Crippen molar-refractivity contribution in [2.45, 2.75) is 13.5 Å². The molecule has 0 saturated heterocycles. The number of hydrogen-bond acceptors (Lipinski definition) is 2. The van der Waals surface area contributed by atoms with Crippen LogP contribution in [-0.2, 0) is 6.54 Å². The number of rotatable bonds is 4. The van der Waals surface area contributed by atoms with Gasteiger partial charge in [0.25, 0.3) is 5.56 Å². The van der Waals surface area contributed by atoms with Crippen molar-refractivity contribution < 1.29 is 4.74 Å². The van der Waals surface area contributed by atoms with Crippen molar-refractivity contribution in [2.75, 3.05) is 6.61 Å². The standard InChI is InChI=1S/C16H14BrNO2/c1-3-11-20-13-7-5-12(6-8-13)15-10-9-14(17)16(19)18(15)4-2/h1,5-10H,4,11H2,2H3. The predicted octanol–water partition coefficient (Wildman–Crippen LogP) is 3.31. The summed E-state index contributed by atoms with van der Waals surface area (Å²) in [6.45, 7) is 2.81. The maximum Gasteiger partial charge on any atom is 0.265 e. The van der Waals surface area contributed by atoms with Crippen LogP contribution < -0.4 is 10.3 Å². The van der Waals surface area contributed by atoms with E-state index in [2.05, 4.69) is 21.9 Å². The van der Waals surface area contributed by atoms with Crippen molar-refractivity contribution >= 4 is 15.9 Å². The second-order valence-electron chi connectivity index (χ2n) is 4.13. The van der Waals surface area contributed by atoms with Crippen LogP contribution in [0.15, 0.2) is 45.7 Å². The summed E-state index contributed by atoms with van der Waals surface area (Å²) in [7, 11) is 0. The number of terminal acetylenes is 1. The van der Waals surface area contributed by atoms with Gasteiger partial charge in [0.1, 0.15) is 12.4 Å². The van der Waals surface area contributed by atoms with E-state index in [0.29, 0.717) is 16.8 Å².